The molecule has 0 aromatic heterocycles. The summed E-state index contributed by atoms with van der Waals surface area (Å²) in [7, 11) is 0. The van der Waals surface area contributed by atoms with Gasteiger partial charge in [-0.05, 0) is 17.2 Å². The van der Waals surface area contributed by atoms with E-state index in [2.05, 4.69) is 5.32 Å². The summed E-state index contributed by atoms with van der Waals surface area (Å²) >= 11 is 0. The molecule has 3 nitrogen and oxygen atoms in total. The van der Waals surface area contributed by atoms with E-state index < -0.39 is 6.10 Å². The normalized spacial score (nSPS) is 12.2. The highest BCUT2D eigenvalue weighted by molar-refractivity contribution is 5.91. The van der Waals surface area contributed by atoms with E-state index in [-0.39, 0.29) is 12.5 Å². The van der Waals surface area contributed by atoms with Crippen molar-refractivity contribution in [3.05, 3.63) is 77.9 Å². The predicted molar refractivity (Wildman–Crippen MR) is 79.9 cm³/mol. The maximum Gasteiger partial charge on any atom is 0.244 e. The average Bonchev–Trinajstić information content (AvgIpc) is 2.52. The fourth-order valence-corrected chi connectivity index (χ4v) is 1.79. The van der Waals surface area contributed by atoms with E-state index in [9.17, 15) is 9.90 Å². The number of amides is 1. The van der Waals surface area contributed by atoms with Crippen LogP contribution in [0.25, 0.3) is 6.08 Å². The molecule has 2 rings (SSSR count). The Balaban J connectivity index is 1.82. The molecule has 0 saturated heterocycles. The minimum absolute atomic E-state index is 0.196. The van der Waals surface area contributed by atoms with Gasteiger partial charge in [0.1, 0.15) is 0 Å². The van der Waals surface area contributed by atoms with E-state index in [1.807, 2.05) is 60.7 Å². The van der Waals surface area contributed by atoms with Gasteiger partial charge in [0, 0.05) is 12.6 Å². The molecule has 0 unspecified atom stereocenters. The number of aliphatic hydroxyl groups is 1. The van der Waals surface area contributed by atoms with Crippen LogP contribution in [-0.2, 0) is 4.79 Å². The molecule has 2 aromatic rings. The van der Waals surface area contributed by atoms with Crippen LogP contribution in [0.2, 0.25) is 0 Å². The zero-order valence-electron chi connectivity index (χ0n) is 11.1. The second-order valence-corrected chi connectivity index (χ2v) is 4.42. The number of nitrogens with one attached hydrogen (secondary N) is 1. The lowest BCUT2D eigenvalue weighted by Crippen LogP contribution is -2.26. The van der Waals surface area contributed by atoms with Gasteiger partial charge in [-0.3, -0.25) is 4.79 Å². The number of hydrogen-bond donors (Lipinski definition) is 2. The highest BCUT2D eigenvalue weighted by atomic mass is 16.3. The van der Waals surface area contributed by atoms with Gasteiger partial charge in [-0.2, -0.15) is 0 Å². The Labute approximate surface area is 118 Å². The molecule has 0 spiro atoms. The van der Waals surface area contributed by atoms with Crippen LogP contribution in [0.15, 0.2) is 66.7 Å². The monoisotopic (exact) mass is 267 g/mol. The summed E-state index contributed by atoms with van der Waals surface area (Å²) in [6.07, 6.45) is 2.52. The molecule has 20 heavy (non-hydrogen) atoms. The average molecular weight is 267 g/mol. The molecule has 0 fully saturated rings. The van der Waals surface area contributed by atoms with Crippen LogP contribution in [-0.4, -0.2) is 17.6 Å². The van der Waals surface area contributed by atoms with Crippen LogP contribution in [0, 0.1) is 0 Å². The van der Waals surface area contributed by atoms with Crippen molar-refractivity contribution in [2.75, 3.05) is 6.54 Å². The highest BCUT2D eigenvalue weighted by Gasteiger charge is 2.07. The van der Waals surface area contributed by atoms with Gasteiger partial charge in [0.2, 0.25) is 5.91 Å². The first-order chi connectivity index (χ1) is 9.75. The summed E-state index contributed by atoms with van der Waals surface area (Å²) < 4.78 is 0. The molecular weight excluding hydrogens is 250 g/mol. The minimum atomic E-state index is -0.690. The van der Waals surface area contributed by atoms with Crippen molar-refractivity contribution in [2.45, 2.75) is 6.10 Å². The van der Waals surface area contributed by atoms with Crippen LogP contribution in [0.4, 0.5) is 0 Å². The molecular formula is C17H17NO2. The summed E-state index contributed by atoms with van der Waals surface area (Å²) in [4.78, 5) is 11.6. The van der Waals surface area contributed by atoms with Crippen LogP contribution in [0.3, 0.4) is 0 Å². The van der Waals surface area contributed by atoms with Gasteiger partial charge >= 0.3 is 0 Å². The maximum atomic E-state index is 11.6. The largest absolute Gasteiger partial charge is 0.387 e. The lowest BCUT2D eigenvalue weighted by atomic mass is 10.1. The summed E-state index contributed by atoms with van der Waals surface area (Å²) in [5.74, 6) is -0.219. The molecule has 102 valence electrons. The van der Waals surface area contributed by atoms with E-state index in [4.69, 9.17) is 0 Å². The topological polar surface area (TPSA) is 49.3 Å². The first-order valence-corrected chi connectivity index (χ1v) is 6.49. The molecule has 0 saturated carbocycles. The highest BCUT2D eigenvalue weighted by Crippen LogP contribution is 2.10. The Bertz CT molecular complexity index is 564. The van der Waals surface area contributed by atoms with Gasteiger partial charge in [-0.15, -0.1) is 0 Å². The Kier molecular flexibility index (Phi) is 5.09. The molecule has 3 heteroatoms. The standard InChI is InChI=1S/C17H17NO2/c19-16(15-9-5-2-6-10-15)13-18-17(20)12-11-14-7-3-1-4-8-14/h1-12,16,19H,13H2,(H,18,20)/t16-/m1/s1. The number of rotatable bonds is 5. The van der Waals surface area contributed by atoms with Crippen molar-refractivity contribution < 1.29 is 9.90 Å². The molecule has 2 aromatic carbocycles. The van der Waals surface area contributed by atoms with Crippen LogP contribution < -0.4 is 5.32 Å². The van der Waals surface area contributed by atoms with E-state index in [1.165, 1.54) is 6.08 Å². The lowest BCUT2D eigenvalue weighted by molar-refractivity contribution is -0.116. The molecule has 0 aliphatic rings. The number of carbonyl (C=O) groups is 1. The quantitative estimate of drug-likeness (QED) is 0.818. The Hall–Kier alpha value is -2.39. The van der Waals surface area contributed by atoms with Gasteiger partial charge < -0.3 is 10.4 Å². The van der Waals surface area contributed by atoms with Gasteiger partial charge in [-0.25, -0.2) is 0 Å². The third-order valence-electron chi connectivity index (χ3n) is 2.88. The van der Waals surface area contributed by atoms with Crippen molar-refractivity contribution in [3.8, 4) is 0 Å². The van der Waals surface area contributed by atoms with E-state index >= 15 is 0 Å². The third-order valence-corrected chi connectivity index (χ3v) is 2.88. The number of carbonyl (C=O) groups excluding carboxylic acids is 1. The van der Waals surface area contributed by atoms with E-state index in [1.54, 1.807) is 6.08 Å². The fraction of sp³-hybridized carbons (Fsp3) is 0.118. The van der Waals surface area contributed by atoms with Gasteiger partial charge in [-0.1, -0.05) is 60.7 Å². The van der Waals surface area contributed by atoms with Crippen LogP contribution >= 0.6 is 0 Å². The molecule has 0 heterocycles. The second-order valence-electron chi connectivity index (χ2n) is 4.42. The van der Waals surface area contributed by atoms with Gasteiger partial charge in [0.05, 0.1) is 6.10 Å². The zero-order valence-corrected chi connectivity index (χ0v) is 11.1. The molecule has 2 N–H and O–H groups in total. The molecule has 1 amide bonds. The lowest BCUT2D eigenvalue weighted by Gasteiger charge is -2.10. The molecule has 0 aliphatic carbocycles. The first-order valence-electron chi connectivity index (χ1n) is 6.49. The van der Waals surface area contributed by atoms with E-state index in [0.29, 0.717) is 0 Å². The van der Waals surface area contributed by atoms with Crippen molar-refractivity contribution in [1.82, 2.24) is 5.32 Å². The first kappa shape index (κ1) is 14.0. The van der Waals surface area contributed by atoms with Crippen molar-refractivity contribution in [2.24, 2.45) is 0 Å². The van der Waals surface area contributed by atoms with Crippen molar-refractivity contribution >= 4 is 12.0 Å². The zero-order chi connectivity index (χ0) is 14.2. The van der Waals surface area contributed by atoms with Crippen molar-refractivity contribution in [3.63, 3.8) is 0 Å². The maximum absolute atomic E-state index is 11.6. The molecule has 0 bridgehead atoms. The number of hydrogen-bond acceptors (Lipinski definition) is 2. The van der Waals surface area contributed by atoms with Gasteiger partial charge in [0.15, 0.2) is 0 Å². The van der Waals surface area contributed by atoms with Gasteiger partial charge in [0.25, 0.3) is 0 Å². The summed E-state index contributed by atoms with van der Waals surface area (Å²) in [5, 5.41) is 12.6. The van der Waals surface area contributed by atoms with Crippen LogP contribution in [0.1, 0.15) is 17.2 Å². The molecule has 0 aliphatic heterocycles. The number of aliphatic hydroxyl groups excluding tert-OH is 1. The Morgan fingerprint density at radius 1 is 1.05 bits per heavy atom. The summed E-state index contributed by atoms with van der Waals surface area (Å²) in [6, 6.07) is 18.8. The number of benzene rings is 2. The summed E-state index contributed by atoms with van der Waals surface area (Å²) in [5.41, 5.74) is 1.76. The third kappa shape index (κ3) is 4.37. The Morgan fingerprint density at radius 3 is 2.30 bits per heavy atom. The minimum Gasteiger partial charge on any atom is -0.387 e. The Morgan fingerprint density at radius 2 is 1.65 bits per heavy atom. The van der Waals surface area contributed by atoms with E-state index in [0.717, 1.165) is 11.1 Å². The van der Waals surface area contributed by atoms with Crippen molar-refractivity contribution in [1.29, 1.82) is 0 Å². The SMILES string of the molecule is O=C(C=Cc1ccccc1)NC[C@@H](O)c1ccccc1. The second kappa shape index (κ2) is 7.26. The smallest absolute Gasteiger partial charge is 0.244 e. The summed E-state index contributed by atoms with van der Waals surface area (Å²) in [6.45, 7) is 0.196. The fourth-order valence-electron chi connectivity index (χ4n) is 1.79. The van der Waals surface area contributed by atoms with Crippen LogP contribution in [0.5, 0.6) is 0 Å². The molecule has 1 atom stereocenters. The predicted octanol–water partition coefficient (Wildman–Crippen LogP) is 2.55. The molecule has 0 radical (unpaired) electrons.